The van der Waals surface area contributed by atoms with E-state index in [-0.39, 0.29) is 0 Å². The topological polar surface area (TPSA) is 64.4 Å². The summed E-state index contributed by atoms with van der Waals surface area (Å²) < 4.78 is 4.20. The van der Waals surface area contributed by atoms with Crippen molar-refractivity contribution in [1.82, 2.24) is 0 Å². The lowest BCUT2D eigenvalue weighted by atomic mass is 10.3. The van der Waals surface area contributed by atoms with Crippen LogP contribution in [-0.2, 0) is 9.91 Å². The number of hydrogen-bond acceptors (Lipinski definition) is 4. The van der Waals surface area contributed by atoms with Crippen molar-refractivity contribution < 1.29 is 0 Å². The zero-order chi connectivity index (χ0) is 7.84. The van der Waals surface area contributed by atoms with Gasteiger partial charge in [-0.3, -0.25) is 5.14 Å². The van der Waals surface area contributed by atoms with Crippen LogP contribution in [0.3, 0.4) is 0 Å². The Bertz CT molecular complexity index is 335. The first-order chi connectivity index (χ1) is 5.25. The molecule has 1 unspecified atom stereocenters. The second-order valence-corrected chi connectivity index (χ2v) is 5.04. The molecule has 1 aromatic rings. The maximum Gasteiger partial charge on any atom is 0.0892 e. The molecule has 0 spiro atoms. The largest absolute Gasteiger partial charge is 0.399 e. The minimum atomic E-state index is -0.391. The van der Waals surface area contributed by atoms with Gasteiger partial charge in [-0.15, -0.1) is 0 Å². The average Bonchev–Trinajstić information content (AvgIpc) is 2.27. The number of nitrogen functional groups attached to an aromatic ring is 1. The Kier molecular flexibility index (Phi) is 1.63. The summed E-state index contributed by atoms with van der Waals surface area (Å²) in [5, 5.41) is 5.62. The number of nitrogens with two attached hydrogens (primary N) is 2. The van der Waals surface area contributed by atoms with E-state index < -0.39 is 9.91 Å². The van der Waals surface area contributed by atoms with Crippen molar-refractivity contribution in [1.29, 1.82) is 0 Å². The minimum absolute atomic E-state index is 0.391. The fraction of sp³-hybridized carbons (Fsp3) is 0. The highest BCUT2D eigenvalue weighted by Crippen LogP contribution is 2.39. The predicted molar refractivity (Wildman–Crippen MR) is 50.4 cm³/mol. The molecule has 4 N–H and O–H groups in total. The van der Waals surface area contributed by atoms with E-state index >= 15 is 0 Å². The highest BCUT2D eigenvalue weighted by Gasteiger charge is 2.11. The van der Waals surface area contributed by atoms with Crippen LogP contribution in [0.1, 0.15) is 0 Å². The smallest absolute Gasteiger partial charge is 0.0892 e. The van der Waals surface area contributed by atoms with Crippen molar-refractivity contribution in [3.8, 4) is 0 Å². The van der Waals surface area contributed by atoms with Crippen molar-refractivity contribution in [2.24, 2.45) is 9.50 Å². The van der Waals surface area contributed by atoms with Crippen molar-refractivity contribution in [3.63, 3.8) is 0 Å². The van der Waals surface area contributed by atoms with Crippen LogP contribution >= 0.6 is 10.8 Å². The molecule has 0 aliphatic carbocycles. The average molecular weight is 185 g/mol. The Morgan fingerprint density at radius 1 is 1.45 bits per heavy atom. The first kappa shape index (κ1) is 7.15. The normalized spacial score (nSPS) is 21.0. The monoisotopic (exact) mass is 185 g/mol. The molecule has 0 bridgehead atoms. The Hall–Kier alpha value is -0.520. The maximum atomic E-state index is 5.62. The van der Waals surface area contributed by atoms with Crippen LogP contribution in [0.15, 0.2) is 27.5 Å². The summed E-state index contributed by atoms with van der Waals surface area (Å²) in [7, 11) is 1.19. The SMILES string of the molecule is Nc1ccc2c(c1)N=S(N)S2. The number of hydrogen-bond donors (Lipinski definition) is 2. The molecular weight excluding hydrogens is 178 g/mol. The van der Waals surface area contributed by atoms with Crippen LogP contribution in [0.5, 0.6) is 0 Å². The number of rotatable bonds is 0. The molecule has 3 nitrogen and oxygen atoms in total. The fourth-order valence-corrected chi connectivity index (χ4v) is 3.15. The molecule has 1 aliphatic rings. The number of anilines is 1. The lowest BCUT2D eigenvalue weighted by Gasteiger charge is -1.94. The van der Waals surface area contributed by atoms with Crippen LogP contribution in [-0.4, -0.2) is 0 Å². The molecule has 0 aromatic heterocycles. The lowest BCUT2D eigenvalue weighted by Crippen LogP contribution is -1.90. The Morgan fingerprint density at radius 2 is 2.27 bits per heavy atom. The van der Waals surface area contributed by atoms with Crippen LogP contribution < -0.4 is 10.9 Å². The van der Waals surface area contributed by atoms with Gasteiger partial charge in [0.05, 0.1) is 5.69 Å². The minimum Gasteiger partial charge on any atom is -0.399 e. The first-order valence-electron chi connectivity index (χ1n) is 3.04. The highest BCUT2D eigenvalue weighted by atomic mass is 33.1. The van der Waals surface area contributed by atoms with Crippen molar-refractivity contribution in [3.05, 3.63) is 18.2 Å². The Morgan fingerprint density at radius 3 is 3.09 bits per heavy atom. The number of fused-ring (bicyclic) bond motifs is 1. The zero-order valence-corrected chi connectivity index (χ0v) is 7.28. The number of benzene rings is 1. The highest BCUT2D eigenvalue weighted by molar-refractivity contribution is 8.69. The second-order valence-electron chi connectivity index (χ2n) is 2.18. The molecule has 1 atom stereocenters. The summed E-state index contributed by atoms with van der Waals surface area (Å²) in [6.45, 7) is 0. The van der Waals surface area contributed by atoms with E-state index in [9.17, 15) is 0 Å². The van der Waals surface area contributed by atoms with Gasteiger partial charge >= 0.3 is 0 Å². The zero-order valence-electron chi connectivity index (χ0n) is 5.65. The Balaban J connectivity index is 2.54. The van der Waals surface area contributed by atoms with Crippen LogP contribution in [0.2, 0.25) is 0 Å². The third-order valence-electron chi connectivity index (χ3n) is 1.35. The van der Waals surface area contributed by atoms with Gasteiger partial charge in [-0.1, -0.05) is 0 Å². The molecular formula is C6H7N3S2. The van der Waals surface area contributed by atoms with Gasteiger partial charge in [0.2, 0.25) is 0 Å². The molecule has 58 valence electrons. The van der Waals surface area contributed by atoms with Gasteiger partial charge in [0.1, 0.15) is 0 Å². The number of nitrogens with zero attached hydrogens (tertiary/aromatic N) is 1. The van der Waals surface area contributed by atoms with Crippen molar-refractivity contribution in [2.45, 2.75) is 4.90 Å². The van der Waals surface area contributed by atoms with Crippen LogP contribution in [0, 0.1) is 0 Å². The third kappa shape index (κ3) is 1.26. The van der Waals surface area contributed by atoms with Gasteiger partial charge in [-0.25, -0.2) is 4.36 Å². The van der Waals surface area contributed by atoms with E-state index in [0.29, 0.717) is 0 Å². The summed E-state index contributed by atoms with van der Waals surface area (Å²) in [6, 6.07) is 5.67. The Labute approximate surface area is 70.8 Å². The van der Waals surface area contributed by atoms with Crippen molar-refractivity contribution >= 4 is 32.1 Å². The molecule has 1 aliphatic heterocycles. The van der Waals surface area contributed by atoms with E-state index in [1.807, 2.05) is 18.2 Å². The summed E-state index contributed by atoms with van der Waals surface area (Å²) in [5.74, 6) is 0. The molecule has 5 heteroatoms. The van der Waals surface area contributed by atoms with Gasteiger partial charge < -0.3 is 5.73 Å². The molecule has 1 aromatic carbocycles. The molecule has 0 saturated heterocycles. The second kappa shape index (κ2) is 2.51. The van der Waals surface area contributed by atoms with E-state index in [0.717, 1.165) is 16.3 Å². The van der Waals surface area contributed by atoms with E-state index in [1.54, 1.807) is 10.8 Å². The first-order valence-corrected chi connectivity index (χ1v) is 5.62. The standard InChI is InChI=1S/C6H7N3S2/c7-4-1-2-6-5(3-4)9-11(8)10-6/h1-3H,7H2,(H2,8,9). The van der Waals surface area contributed by atoms with Gasteiger partial charge in [0.15, 0.2) is 0 Å². The molecule has 1 heterocycles. The maximum absolute atomic E-state index is 5.62. The van der Waals surface area contributed by atoms with E-state index in [4.69, 9.17) is 10.9 Å². The summed E-state index contributed by atoms with van der Waals surface area (Å²) in [5.41, 5.74) is 7.24. The summed E-state index contributed by atoms with van der Waals surface area (Å²) >= 11 is 0. The lowest BCUT2D eigenvalue weighted by molar-refractivity contribution is 1.42. The predicted octanol–water partition coefficient (Wildman–Crippen LogP) is 1.60. The molecule has 11 heavy (non-hydrogen) atoms. The molecule has 0 saturated carbocycles. The van der Waals surface area contributed by atoms with Gasteiger partial charge in [-0.05, 0) is 29.0 Å². The van der Waals surface area contributed by atoms with Crippen molar-refractivity contribution in [2.75, 3.05) is 5.73 Å². The van der Waals surface area contributed by atoms with E-state index in [1.165, 1.54) is 0 Å². The van der Waals surface area contributed by atoms with Gasteiger partial charge in [0, 0.05) is 20.5 Å². The quantitative estimate of drug-likeness (QED) is 0.476. The summed E-state index contributed by atoms with van der Waals surface area (Å²) in [6.07, 6.45) is 0. The molecule has 2 rings (SSSR count). The van der Waals surface area contributed by atoms with Gasteiger partial charge in [-0.2, -0.15) is 0 Å². The fourth-order valence-electron chi connectivity index (χ4n) is 0.884. The summed E-state index contributed by atoms with van der Waals surface area (Å²) in [4.78, 5) is 1.13. The third-order valence-corrected chi connectivity index (χ3v) is 3.69. The molecule has 0 radical (unpaired) electrons. The van der Waals surface area contributed by atoms with Gasteiger partial charge in [0.25, 0.3) is 0 Å². The molecule has 0 fully saturated rings. The van der Waals surface area contributed by atoms with Crippen LogP contribution in [0.25, 0.3) is 0 Å². The molecule has 0 amide bonds. The van der Waals surface area contributed by atoms with E-state index in [2.05, 4.69) is 4.36 Å². The van der Waals surface area contributed by atoms with Crippen LogP contribution in [0.4, 0.5) is 11.4 Å².